The van der Waals surface area contributed by atoms with Gasteiger partial charge in [0.1, 0.15) is 5.82 Å². The predicted molar refractivity (Wildman–Crippen MR) is 100 cm³/mol. The van der Waals surface area contributed by atoms with Crippen LogP contribution in [0.25, 0.3) is 0 Å². The molecule has 2 rings (SSSR count). The Morgan fingerprint density at radius 2 is 1.88 bits per heavy atom. The zero-order valence-corrected chi connectivity index (χ0v) is 15.6. The maximum absolute atomic E-state index is 12.9. The van der Waals surface area contributed by atoms with Gasteiger partial charge in [0.2, 0.25) is 0 Å². The molecule has 1 aromatic carbocycles. The van der Waals surface area contributed by atoms with Crippen LogP contribution in [-0.2, 0) is 11.2 Å². The second-order valence-corrected chi connectivity index (χ2v) is 6.72. The van der Waals surface area contributed by atoms with Crippen LogP contribution in [0.3, 0.4) is 0 Å². The molecule has 5 nitrogen and oxygen atoms in total. The van der Waals surface area contributed by atoms with Gasteiger partial charge in [0.15, 0.2) is 5.96 Å². The van der Waals surface area contributed by atoms with Crippen LogP contribution in [0.15, 0.2) is 29.3 Å². The lowest BCUT2D eigenvalue weighted by atomic mass is 10.0. The molecule has 6 heteroatoms. The summed E-state index contributed by atoms with van der Waals surface area (Å²) in [5, 5.41) is 6.77. The number of nitrogens with zero attached hydrogens (tertiary/aromatic N) is 2. The third kappa shape index (κ3) is 6.63. The van der Waals surface area contributed by atoms with Gasteiger partial charge in [-0.2, -0.15) is 0 Å². The summed E-state index contributed by atoms with van der Waals surface area (Å²) >= 11 is 0. The Balaban J connectivity index is 1.76. The Morgan fingerprint density at radius 3 is 2.48 bits per heavy atom. The molecule has 0 aliphatic carbocycles. The highest BCUT2D eigenvalue weighted by Gasteiger charge is 2.23. The summed E-state index contributed by atoms with van der Waals surface area (Å²) in [5.74, 6) is 1.17. The molecule has 1 atom stereocenters. The van der Waals surface area contributed by atoms with E-state index in [1.54, 1.807) is 7.05 Å². The van der Waals surface area contributed by atoms with Crippen LogP contribution in [0, 0.1) is 11.7 Å². The molecule has 2 N–H and O–H groups in total. The van der Waals surface area contributed by atoms with Gasteiger partial charge in [0.05, 0.1) is 13.2 Å². The predicted octanol–water partition coefficient (Wildman–Crippen LogP) is 1.89. The number of aliphatic imine (C=N–C) groups is 1. The van der Waals surface area contributed by atoms with Crippen LogP contribution in [0.4, 0.5) is 4.39 Å². The van der Waals surface area contributed by atoms with Crippen molar-refractivity contribution in [2.24, 2.45) is 10.9 Å². The maximum atomic E-state index is 12.9. The quantitative estimate of drug-likeness (QED) is 0.582. The minimum Gasteiger partial charge on any atom is -0.379 e. The topological polar surface area (TPSA) is 48.9 Å². The molecule has 1 aromatic rings. The normalized spacial score (nSPS) is 17.6. The molecule has 1 aliphatic heterocycles. The molecule has 0 bridgehead atoms. The van der Waals surface area contributed by atoms with Crippen LogP contribution in [0.2, 0.25) is 0 Å². The zero-order chi connectivity index (χ0) is 18.1. The number of nitrogens with one attached hydrogen (secondary N) is 2. The maximum Gasteiger partial charge on any atom is 0.191 e. The third-order valence-electron chi connectivity index (χ3n) is 4.61. The van der Waals surface area contributed by atoms with E-state index in [9.17, 15) is 4.39 Å². The van der Waals surface area contributed by atoms with Crippen molar-refractivity contribution in [2.45, 2.75) is 26.3 Å². The van der Waals surface area contributed by atoms with E-state index in [1.807, 2.05) is 12.1 Å². The SMILES string of the molecule is CN=C(NCCc1ccc(F)cc1)NCC(C(C)C)N1CCOCC1. The first-order valence-electron chi connectivity index (χ1n) is 9.11. The van der Waals surface area contributed by atoms with E-state index in [1.165, 1.54) is 12.1 Å². The summed E-state index contributed by atoms with van der Waals surface area (Å²) in [5.41, 5.74) is 1.11. The zero-order valence-electron chi connectivity index (χ0n) is 15.6. The number of guanidine groups is 1. The molecule has 0 amide bonds. The van der Waals surface area contributed by atoms with Crippen LogP contribution in [0.1, 0.15) is 19.4 Å². The van der Waals surface area contributed by atoms with Gasteiger partial charge >= 0.3 is 0 Å². The van der Waals surface area contributed by atoms with E-state index in [0.717, 1.165) is 57.3 Å². The first kappa shape index (κ1) is 19.7. The van der Waals surface area contributed by atoms with Crippen molar-refractivity contribution >= 4 is 5.96 Å². The van der Waals surface area contributed by atoms with Gasteiger partial charge < -0.3 is 15.4 Å². The van der Waals surface area contributed by atoms with Gasteiger partial charge in [-0.05, 0) is 30.0 Å². The fourth-order valence-corrected chi connectivity index (χ4v) is 3.09. The van der Waals surface area contributed by atoms with E-state index >= 15 is 0 Å². The summed E-state index contributed by atoms with van der Waals surface area (Å²) in [6.45, 7) is 9.73. The lowest BCUT2D eigenvalue weighted by molar-refractivity contribution is 0.00752. The lowest BCUT2D eigenvalue weighted by Crippen LogP contribution is -2.52. The molecule has 1 aliphatic rings. The number of morpholine rings is 1. The van der Waals surface area contributed by atoms with Crippen molar-refractivity contribution in [1.82, 2.24) is 15.5 Å². The van der Waals surface area contributed by atoms with Crippen LogP contribution in [-0.4, -0.2) is 63.3 Å². The summed E-state index contributed by atoms with van der Waals surface area (Å²) in [6, 6.07) is 7.09. The van der Waals surface area contributed by atoms with E-state index in [0.29, 0.717) is 12.0 Å². The van der Waals surface area contributed by atoms with E-state index in [-0.39, 0.29) is 5.82 Å². The lowest BCUT2D eigenvalue weighted by Gasteiger charge is -2.37. The molecule has 25 heavy (non-hydrogen) atoms. The molecule has 1 fully saturated rings. The van der Waals surface area contributed by atoms with Crippen molar-refractivity contribution < 1.29 is 9.13 Å². The number of halogens is 1. The van der Waals surface area contributed by atoms with E-state index < -0.39 is 0 Å². The number of ether oxygens (including phenoxy) is 1. The smallest absolute Gasteiger partial charge is 0.191 e. The fourth-order valence-electron chi connectivity index (χ4n) is 3.09. The highest BCUT2D eigenvalue weighted by molar-refractivity contribution is 5.79. The van der Waals surface area contributed by atoms with Crippen LogP contribution >= 0.6 is 0 Å². The Hall–Kier alpha value is -1.66. The fraction of sp³-hybridized carbons (Fsp3) is 0.632. The van der Waals surface area contributed by atoms with Crippen molar-refractivity contribution in [2.75, 3.05) is 46.4 Å². The average molecular weight is 350 g/mol. The van der Waals surface area contributed by atoms with Crippen molar-refractivity contribution in [3.05, 3.63) is 35.6 Å². The monoisotopic (exact) mass is 350 g/mol. The number of benzene rings is 1. The van der Waals surface area contributed by atoms with E-state index in [4.69, 9.17) is 4.74 Å². The van der Waals surface area contributed by atoms with Crippen molar-refractivity contribution in [3.63, 3.8) is 0 Å². The minimum atomic E-state index is -0.197. The second kappa shape index (κ2) is 10.4. The molecule has 0 radical (unpaired) electrons. The standard InChI is InChI=1S/C19H31FN4O/c1-15(2)18(24-10-12-25-13-11-24)14-23-19(21-3)22-9-8-16-4-6-17(20)7-5-16/h4-7,15,18H,8-14H2,1-3H3,(H2,21,22,23). The molecular formula is C19H31FN4O. The first-order valence-corrected chi connectivity index (χ1v) is 9.11. The molecule has 1 unspecified atom stereocenters. The largest absolute Gasteiger partial charge is 0.379 e. The third-order valence-corrected chi connectivity index (χ3v) is 4.61. The van der Waals surface area contributed by atoms with Gasteiger partial charge in [0, 0.05) is 39.3 Å². The first-order chi connectivity index (χ1) is 12.1. The molecule has 0 spiro atoms. The average Bonchev–Trinajstić information content (AvgIpc) is 2.62. The highest BCUT2D eigenvalue weighted by Crippen LogP contribution is 2.12. The minimum absolute atomic E-state index is 0.197. The Labute approximate surface area is 150 Å². The summed E-state index contributed by atoms with van der Waals surface area (Å²) in [6.07, 6.45) is 0.831. The Morgan fingerprint density at radius 1 is 1.20 bits per heavy atom. The highest BCUT2D eigenvalue weighted by atomic mass is 19.1. The number of hydrogen-bond acceptors (Lipinski definition) is 3. The molecule has 1 saturated heterocycles. The Bertz CT molecular complexity index is 527. The molecule has 1 heterocycles. The van der Waals surface area contributed by atoms with Crippen LogP contribution < -0.4 is 10.6 Å². The van der Waals surface area contributed by atoms with Gasteiger partial charge in [0.25, 0.3) is 0 Å². The summed E-state index contributed by atoms with van der Waals surface area (Å²) < 4.78 is 18.4. The van der Waals surface area contributed by atoms with Gasteiger partial charge in [-0.25, -0.2) is 4.39 Å². The van der Waals surface area contributed by atoms with Crippen LogP contribution in [0.5, 0.6) is 0 Å². The van der Waals surface area contributed by atoms with Gasteiger partial charge in [-0.15, -0.1) is 0 Å². The molecule has 140 valence electrons. The summed E-state index contributed by atoms with van der Waals surface area (Å²) in [4.78, 5) is 6.79. The summed E-state index contributed by atoms with van der Waals surface area (Å²) in [7, 11) is 1.78. The molecule has 0 saturated carbocycles. The van der Waals surface area contributed by atoms with Gasteiger partial charge in [-0.1, -0.05) is 26.0 Å². The second-order valence-electron chi connectivity index (χ2n) is 6.72. The Kier molecular flexibility index (Phi) is 8.15. The number of rotatable bonds is 7. The van der Waals surface area contributed by atoms with Crippen molar-refractivity contribution in [3.8, 4) is 0 Å². The van der Waals surface area contributed by atoms with Crippen molar-refractivity contribution in [1.29, 1.82) is 0 Å². The van der Waals surface area contributed by atoms with E-state index in [2.05, 4.69) is 34.4 Å². The van der Waals surface area contributed by atoms with Gasteiger partial charge in [-0.3, -0.25) is 9.89 Å². The number of hydrogen-bond donors (Lipinski definition) is 2. The molecular weight excluding hydrogens is 319 g/mol. The molecule has 0 aromatic heterocycles.